The second-order valence-corrected chi connectivity index (χ2v) is 4.53. The SMILES string of the molecule is O=C(c1cccnc1)N1CCN2C(=O)NC[C@H]2C1. The highest BCUT2D eigenvalue weighted by molar-refractivity contribution is 5.94. The average Bonchev–Trinajstić information content (AvgIpc) is 2.80. The zero-order valence-corrected chi connectivity index (χ0v) is 9.87. The summed E-state index contributed by atoms with van der Waals surface area (Å²) >= 11 is 0. The van der Waals surface area contributed by atoms with E-state index in [0.717, 1.165) is 0 Å². The van der Waals surface area contributed by atoms with Crippen LogP contribution < -0.4 is 5.32 Å². The predicted octanol–water partition coefficient (Wildman–Crippen LogP) is -0.0688. The highest BCUT2D eigenvalue weighted by atomic mass is 16.2. The van der Waals surface area contributed by atoms with Gasteiger partial charge in [0.2, 0.25) is 0 Å². The molecule has 3 heterocycles. The van der Waals surface area contributed by atoms with Gasteiger partial charge in [-0.1, -0.05) is 0 Å². The van der Waals surface area contributed by atoms with Gasteiger partial charge in [-0.05, 0) is 12.1 Å². The molecule has 0 spiro atoms. The molecule has 0 aliphatic carbocycles. The Morgan fingerprint density at radius 3 is 3.11 bits per heavy atom. The van der Waals surface area contributed by atoms with Crippen LogP contribution in [0.1, 0.15) is 10.4 Å². The number of amides is 3. The van der Waals surface area contributed by atoms with Gasteiger partial charge in [0.25, 0.3) is 5.91 Å². The molecule has 1 atom stereocenters. The van der Waals surface area contributed by atoms with Gasteiger partial charge in [0.05, 0.1) is 11.6 Å². The van der Waals surface area contributed by atoms with E-state index in [1.54, 1.807) is 34.3 Å². The molecule has 2 aliphatic rings. The summed E-state index contributed by atoms with van der Waals surface area (Å²) in [5.41, 5.74) is 0.600. The Balaban J connectivity index is 1.72. The molecule has 1 aromatic rings. The third kappa shape index (κ3) is 1.79. The molecule has 1 N–H and O–H groups in total. The second kappa shape index (κ2) is 4.29. The number of fused-ring (bicyclic) bond motifs is 1. The summed E-state index contributed by atoms with van der Waals surface area (Å²) < 4.78 is 0. The van der Waals surface area contributed by atoms with Crippen molar-refractivity contribution in [2.75, 3.05) is 26.2 Å². The molecule has 2 fully saturated rings. The molecule has 0 radical (unpaired) electrons. The molecule has 94 valence electrons. The van der Waals surface area contributed by atoms with Gasteiger partial charge in [-0.2, -0.15) is 0 Å². The van der Waals surface area contributed by atoms with Crippen molar-refractivity contribution in [3.63, 3.8) is 0 Å². The Bertz CT molecular complexity index is 476. The molecule has 2 saturated heterocycles. The third-order valence-electron chi connectivity index (χ3n) is 3.43. The van der Waals surface area contributed by atoms with E-state index >= 15 is 0 Å². The van der Waals surface area contributed by atoms with Crippen LogP contribution in [0.2, 0.25) is 0 Å². The number of nitrogens with one attached hydrogen (secondary N) is 1. The molecule has 0 bridgehead atoms. The van der Waals surface area contributed by atoms with Crippen molar-refractivity contribution < 1.29 is 9.59 Å². The predicted molar refractivity (Wildman–Crippen MR) is 64.0 cm³/mol. The van der Waals surface area contributed by atoms with Gasteiger partial charge in [0.15, 0.2) is 0 Å². The fourth-order valence-corrected chi connectivity index (χ4v) is 2.46. The highest BCUT2D eigenvalue weighted by Crippen LogP contribution is 2.16. The topological polar surface area (TPSA) is 65.5 Å². The minimum Gasteiger partial charge on any atom is -0.336 e. The van der Waals surface area contributed by atoms with Gasteiger partial charge in [0, 0.05) is 38.6 Å². The number of nitrogens with zero attached hydrogens (tertiary/aromatic N) is 3. The van der Waals surface area contributed by atoms with Gasteiger partial charge in [0.1, 0.15) is 0 Å². The Labute approximate surface area is 105 Å². The van der Waals surface area contributed by atoms with Crippen molar-refractivity contribution in [3.05, 3.63) is 30.1 Å². The van der Waals surface area contributed by atoms with E-state index in [-0.39, 0.29) is 18.0 Å². The van der Waals surface area contributed by atoms with E-state index in [4.69, 9.17) is 0 Å². The summed E-state index contributed by atoms with van der Waals surface area (Å²) in [6.45, 7) is 2.39. The molecule has 6 heteroatoms. The first-order valence-electron chi connectivity index (χ1n) is 5.99. The monoisotopic (exact) mass is 246 g/mol. The zero-order chi connectivity index (χ0) is 12.5. The number of carbonyl (C=O) groups excluding carboxylic acids is 2. The van der Waals surface area contributed by atoms with Crippen LogP contribution in [0.4, 0.5) is 4.79 Å². The van der Waals surface area contributed by atoms with Crippen molar-refractivity contribution in [3.8, 4) is 0 Å². The normalized spacial score (nSPS) is 22.7. The first kappa shape index (κ1) is 11.0. The van der Waals surface area contributed by atoms with E-state index in [1.807, 2.05) is 0 Å². The van der Waals surface area contributed by atoms with Crippen LogP contribution in [-0.4, -0.2) is 58.9 Å². The van der Waals surface area contributed by atoms with Crippen molar-refractivity contribution in [1.82, 2.24) is 20.1 Å². The van der Waals surface area contributed by atoms with Gasteiger partial charge >= 0.3 is 6.03 Å². The van der Waals surface area contributed by atoms with Crippen LogP contribution in [0.3, 0.4) is 0 Å². The summed E-state index contributed by atoms with van der Waals surface area (Å²) in [5.74, 6) is -0.0119. The Morgan fingerprint density at radius 1 is 1.44 bits per heavy atom. The molecular formula is C12H14N4O2. The first-order chi connectivity index (χ1) is 8.75. The Hall–Kier alpha value is -2.11. The zero-order valence-electron chi connectivity index (χ0n) is 9.87. The molecule has 1 aromatic heterocycles. The van der Waals surface area contributed by atoms with E-state index in [9.17, 15) is 9.59 Å². The number of carbonyl (C=O) groups is 2. The Morgan fingerprint density at radius 2 is 2.33 bits per heavy atom. The maximum Gasteiger partial charge on any atom is 0.317 e. The van der Waals surface area contributed by atoms with Gasteiger partial charge in [-0.3, -0.25) is 9.78 Å². The number of rotatable bonds is 1. The average molecular weight is 246 g/mol. The Kier molecular flexibility index (Phi) is 2.62. The summed E-state index contributed by atoms with van der Waals surface area (Å²) in [6.07, 6.45) is 3.22. The largest absolute Gasteiger partial charge is 0.336 e. The molecule has 3 amide bonds. The van der Waals surface area contributed by atoms with Crippen LogP contribution in [0.15, 0.2) is 24.5 Å². The lowest BCUT2D eigenvalue weighted by molar-refractivity contribution is 0.0616. The fourth-order valence-electron chi connectivity index (χ4n) is 2.46. The molecule has 0 unspecified atom stereocenters. The van der Waals surface area contributed by atoms with Gasteiger partial charge in [-0.25, -0.2) is 4.79 Å². The molecule has 2 aliphatic heterocycles. The van der Waals surface area contributed by atoms with E-state index < -0.39 is 0 Å². The van der Waals surface area contributed by atoms with Crippen LogP contribution in [0, 0.1) is 0 Å². The fraction of sp³-hybridized carbons (Fsp3) is 0.417. The first-order valence-corrected chi connectivity index (χ1v) is 5.99. The lowest BCUT2D eigenvalue weighted by Crippen LogP contribution is -2.53. The molecule has 18 heavy (non-hydrogen) atoms. The number of urea groups is 1. The smallest absolute Gasteiger partial charge is 0.317 e. The second-order valence-electron chi connectivity index (χ2n) is 4.53. The maximum atomic E-state index is 12.2. The van der Waals surface area contributed by atoms with Crippen LogP contribution >= 0.6 is 0 Å². The summed E-state index contributed by atoms with van der Waals surface area (Å²) in [7, 11) is 0. The standard InChI is InChI=1S/C12H14N4O2/c17-11(9-2-1-3-13-6-9)15-4-5-16-10(8-15)7-14-12(16)18/h1-3,6,10H,4-5,7-8H2,(H,14,18)/t10-/m0/s1. The quantitative estimate of drug-likeness (QED) is 0.754. The number of hydrogen-bond donors (Lipinski definition) is 1. The number of pyridine rings is 1. The van der Waals surface area contributed by atoms with Crippen molar-refractivity contribution >= 4 is 11.9 Å². The summed E-state index contributed by atoms with van der Waals surface area (Å²) in [5, 5.41) is 2.80. The van der Waals surface area contributed by atoms with Crippen LogP contribution in [0.25, 0.3) is 0 Å². The number of piperazine rings is 1. The molecular weight excluding hydrogens is 232 g/mol. The number of hydrogen-bond acceptors (Lipinski definition) is 3. The minimum atomic E-state index is -0.0199. The molecule has 0 aromatic carbocycles. The minimum absolute atomic E-state index is 0.0119. The van der Waals surface area contributed by atoms with Crippen molar-refractivity contribution in [2.24, 2.45) is 0 Å². The molecule has 3 rings (SSSR count). The molecule has 0 saturated carbocycles. The van der Waals surface area contributed by atoms with Crippen molar-refractivity contribution in [1.29, 1.82) is 0 Å². The summed E-state index contributed by atoms with van der Waals surface area (Å²) in [6, 6.07) is 3.60. The summed E-state index contributed by atoms with van der Waals surface area (Å²) in [4.78, 5) is 31.2. The van der Waals surface area contributed by atoms with Crippen LogP contribution in [0.5, 0.6) is 0 Å². The lowest BCUT2D eigenvalue weighted by Gasteiger charge is -2.36. The third-order valence-corrected chi connectivity index (χ3v) is 3.43. The van der Waals surface area contributed by atoms with Crippen LogP contribution in [-0.2, 0) is 0 Å². The van der Waals surface area contributed by atoms with E-state index in [0.29, 0.717) is 31.7 Å². The van der Waals surface area contributed by atoms with E-state index in [1.165, 1.54) is 0 Å². The van der Waals surface area contributed by atoms with E-state index in [2.05, 4.69) is 10.3 Å². The van der Waals surface area contributed by atoms with Gasteiger partial charge < -0.3 is 15.1 Å². The maximum absolute atomic E-state index is 12.2. The number of aromatic nitrogens is 1. The molecule has 6 nitrogen and oxygen atoms in total. The highest BCUT2D eigenvalue weighted by Gasteiger charge is 2.36. The van der Waals surface area contributed by atoms with Gasteiger partial charge in [-0.15, -0.1) is 0 Å². The lowest BCUT2D eigenvalue weighted by atomic mass is 10.1. The van der Waals surface area contributed by atoms with Crippen molar-refractivity contribution in [2.45, 2.75) is 6.04 Å².